The lowest BCUT2D eigenvalue weighted by Crippen LogP contribution is -2.17. The summed E-state index contributed by atoms with van der Waals surface area (Å²) in [6.07, 6.45) is 3.91. The topological polar surface area (TPSA) is 215 Å². The zero-order valence-corrected chi connectivity index (χ0v) is 36.3. The van der Waals surface area contributed by atoms with Crippen LogP contribution < -0.4 is 24.2 Å². The quantitative estimate of drug-likeness (QED) is 0.0559. The third-order valence-corrected chi connectivity index (χ3v) is 12.7. The van der Waals surface area contributed by atoms with Crippen LogP contribution in [0.1, 0.15) is 22.3 Å². The van der Waals surface area contributed by atoms with Crippen molar-refractivity contribution in [2.45, 2.75) is 36.2 Å². The number of aliphatic hydroxyl groups excluding tert-OH is 2. The largest absolute Gasteiger partial charge is 0.470 e. The van der Waals surface area contributed by atoms with Gasteiger partial charge in [0, 0.05) is 25.5 Å². The van der Waals surface area contributed by atoms with Gasteiger partial charge in [-0.15, -0.1) is 0 Å². The lowest BCUT2D eigenvalue weighted by molar-refractivity contribution is 0.281. The Labute approximate surface area is 370 Å². The first-order valence-electron chi connectivity index (χ1n) is 17.3. The number of benzene rings is 4. The highest BCUT2D eigenvalue weighted by Crippen LogP contribution is 2.33. The van der Waals surface area contributed by atoms with Gasteiger partial charge in [-0.1, -0.05) is 119 Å². The predicted molar refractivity (Wildman–Crippen MR) is 230 cm³/mol. The van der Waals surface area contributed by atoms with Crippen LogP contribution in [-0.2, 0) is 46.4 Å². The van der Waals surface area contributed by atoms with Crippen molar-refractivity contribution in [3.8, 4) is 11.8 Å². The van der Waals surface area contributed by atoms with Gasteiger partial charge in [-0.05, 0) is 46.5 Å². The van der Waals surface area contributed by atoms with E-state index >= 15 is 0 Å². The molecule has 0 amide bonds. The summed E-state index contributed by atoms with van der Waals surface area (Å²) < 4.78 is 66.9. The van der Waals surface area contributed by atoms with E-state index in [0.717, 1.165) is 22.3 Å². The highest BCUT2D eigenvalue weighted by molar-refractivity contribution is 7.93. The van der Waals surface area contributed by atoms with E-state index in [1.807, 2.05) is 24.3 Å². The molecule has 0 atom stereocenters. The molecule has 2 aromatic heterocycles. The van der Waals surface area contributed by atoms with Crippen LogP contribution >= 0.6 is 58.0 Å². The van der Waals surface area contributed by atoms with Crippen LogP contribution in [0.2, 0.25) is 25.2 Å². The molecule has 22 heteroatoms. The van der Waals surface area contributed by atoms with E-state index < -0.39 is 20.0 Å². The maximum absolute atomic E-state index is 12.8. The fourth-order valence-corrected chi connectivity index (χ4v) is 8.54. The minimum atomic E-state index is -4.12. The second kappa shape index (κ2) is 21.8. The first kappa shape index (κ1) is 46.5. The molecular weight excluding hydrogens is 924 g/mol. The van der Waals surface area contributed by atoms with Crippen LogP contribution in [-0.4, -0.2) is 60.1 Å². The molecule has 0 radical (unpaired) electrons. The van der Waals surface area contributed by atoms with Crippen molar-refractivity contribution in [3.63, 3.8) is 0 Å². The molecule has 0 aliphatic heterocycles. The van der Waals surface area contributed by atoms with Crippen molar-refractivity contribution in [1.29, 1.82) is 0 Å². The van der Waals surface area contributed by atoms with Crippen LogP contribution in [0.4, 0.5) is 11.6 Å². The van der Waals surface area contributed by atoms with E-state index in [9.17, 15) is 16.8 Å². The number of ether oxygens (including phenoxy) is 2. The Balaban J connectivity index is 0.000000230. The van der Waals surface area contributed by atoms with Gasteiger partial charge < -0.3 is 25.0 Å². The molecule has 5 N–H and O–H groups in total. The number of aromatic nitrogens is 4. The van der Waals surface area contributed by atoms with Crippen molar-refractivity contribution in [1.82, 2.24) is 25.3 Å². The minimum Gasteiger partial charge on any atom is -0.470 e. The average Bonchev–Trinajstić information content (AvgIpc) is 3.23. The minimum absolute atomic E-state index is 0.00969. The van der Waals surface area contributed by atoms with E-state index in [4.69, 9.17) is 77.7 Å². The van der Waals surface area contributed by atoms with E-state index in [0.29, 0.717) is 13.1 Å². The van der Waals surface area contributed by atoms with Crippen molar-refractivity contribution in [2.75, 3.05) is 22.6 Å². The highest BCUT2D eigenvalue weighted by Gasteiger charge is 2.24. The molecule has 0 saturated heterocycles. The smallest absolute Gasteiger partial charge is 0.264 e. The van der Waals surface area contributed by atoms with Gasteiger partial charge in [0.1, 0.15) is 23.0 Å². The number of hydrogen-bond donors (Lipinski definition) is 5. The van der Waals surface area contributed by atoms with E-state index in [1.54, 1.807) is 24.3 Å². The Hall–Kier alpha value is -4.53. The van der Waals surface area contributed by atoms with Gasteiger partial charge in [-0.25, -0.2) is 31.8 Å². The van der Waals surface area contributed by atoms with Gasteiger partial charge in [-0.3, -0.25) is 9.44 Å². The first-order chi connectivity index (χ1) is 28.7. The standard InChI is InChI=1S/C20H19Cl3N4O4S.C18H15Cl2N3O4S/c21-15-2-1-3-16(18(15)23)32(29,30)27-19-20(26-17(22)11-25-19)31-12-14-6-4-13(5-7-14)10-24-8-9-28;19-14-2-1-3-15(16(14)20)28(25,26)23-17-18(22-9-8-21-17)27-11-13-6-4-12(10-24)5-7-13/h1-7,11,24,28H,8-10,12H2,(H,25,27);1-9,24H,10-11H2,(H,21,23). The van der Waals surface area contributed by atoms with E-state index in [-0.39, 0.29) is 84.9 Å². The Morgan fingerprint density at radius 1 is 0.583 bits per heavy atom. The van der Waals surface area contributed by atoms with E-state index in [1.165, 1.54) is 55.0 Å². The summed E-state index contributed by atoms with van der Waals surface area (Å²) in [6.45, 7) is 1.39. The summed E-state index contributed by atoms with van der Waals surface area (Å²) in [5.41, 5.74) is 3.45. The lowest BCUT2D eigenvalue weighted by atomic mass is 10.1. The molecule has 0 aliphatic rings. The van der Waals surface area contributed by atoms with Crippen molar-refractivity contribution in [2.24, 2.45) is 0 Å². The Morgan fingerprint density at radius 3 is 1.60 bits per heavy atom. The average molecular weight is 958 g/mol. The number of hydrogen-bond acceptors (Lipinski definition) is 13. The number of anilines is 2. The van der Waals surface area contributed by atoms with Crippen LogP contribution in [0.5, 0.6) is 11.8 Å². The molecule has 6 rings (SSSR count). The third-order valence-electron chi connectivity index (χ3n) is 7.85. The molecular formula is C38H34Cl5N7O8S2. The second-order valence-corrected chi connectivity index (χ2v) is 17.4. The molecule has 0 spiro atoms. The molecule has 316 valence electrons. The van der Waals surface area contributed by atoms with Gasteiger partial charge in [0.05, 0.1) is 39.5 Å². The molecule has 4 aromatic carbocycles. The van der Waals surface area contributed by atoms with Crippen molar-refractivity contribution < 1.29 is 36.5 Å². The number of aliphatic hydroxyl groups is 2. The number of halogens is 5. The van der Waals surface area contributed by atoms with Crippen LogP contribution in [0, 0.1) is 0 Å². The highest BCUT2D eigenvalue weighted by atomic mass is 35.5. The zero-order valence-electron chi connectivity index (χ0n) is 30.9. The molecule has 15 nitrogen and oxygen atoms in total. The number of sulfonamides is 2. The van der Waals surface area contributed by atoms with Gasteiger partial charge in [-0.2, -0.15) is 4.98 Å². The fourth-order valence-electron chi connectivity index (χ4n) is 4.88. The SMILES string of the molecule is O=S(=O)(Nc1ncc(Cl)nc1OCc1ccc(CNCCO)cc1)c1cccc(Cl)c1Cl.O=S(=O)(Nc1nccnc1OCc1ccc(CO)cc1)c1cccc(Cl)c1Cl. The number of rotatable bonds is 17. The Morgan fingerprint density at radius 2 is 1.07 bits per heavy atom. The zero-order chi connectivity index (χ0) is 43.3. The molecule has 0 fully saturated rings. The molecule has 2 heterocycles. The molecule has 0 unspecified atom stereocenters. The van der Waals surface area contributed by atoms with Gasteiger partial charge in [0.2, 0.25) is 11.6 Å². The Bertz CT molecular complexity index is 2620. The summed E-state index contributed by atoms with van der Waals surface area (Å²) in [4.78, 5) is 15.7. The summed E-state index contributed by atoms with van der Waals surface area (Å²) >= 11 is 29.8. The monoisotopic (exact) mass is 955 g/mol. The van der Waals surface area contributed by atoms with Crippen LogP contribution in [0.25, 0.3) is 0 Å². The fraction of sp³-hybridized carbons (Fsp3) is 0.158. The molecule has 60 heavy (non-hydrogen) atoms. The maximum atomic E-state index is 12.8. The molecule has 6 aromatic rings. The van der Waals surface area contributed by atoms with E-state index in [2.05, 4.69) is 34.7 Å². The summed E-state index contributed by atoms with van der Waals surface area (Å²) in [5, 5.41) is 21.0. The normalized spacial score (nSPS) is 11.3. The van der Waals surface area contributed by atoms with Gasteiger partial charge in [0.25, 0.3) is 31.8 Å². The summed E-state index contributed by atoms with van der Waals surface area (Å²) in [5.74, 6) is -0.302. The molecule has 0 saturated carbocycles. The van der Waals surface area contributed by atoms with Gasteiger partial charge >= 0.3 is 0 Å². The van der Waals surface area contributed by atoms with Gasteiger partial charge in [0.15, 0.2) is 5.15 Å². The summed E-state index contributed by atoms with van der Waals surface area (Å²) in [6, 6.07) is 23.2. The second-order valence-electron chi connectivity index (χ2n) is 12.1. The maximum Gasteiger partial charge on any atom is 0.264 e. The van der Waals surface area contributed by atoms with Crippen LogP contribution in [0.15, 0.2) is 113 Å². The summed E-state index contributed by atoms with van der Waals surface area (Å²) in [7, 11) is -8.18. The Kier molecular flexibility index (Phi) is 16.9. The number of nitrogens with one attached hydrogen (secondary N) is 3. The van der Waals surface area contributed by atoms with Crippen LogP contribution in [0.3, 0.4) is 0 Å². The number of nitrogens with zero attached hydrogens (tertiary/aromatic N) is 4. The first-order valence-corrected chi connectivity index (χ1v) is 22.2. The van der Waals surface area contributed by atoms with Crippen molar-refractivity contribution >= 4 is 89.7 Å². The third kappa shape index (κ3) is 13.0. The lowest BCUT2D eigenvalue weighted by Gasteiger charge is -2.13. The molecule has 0 aliphatic carbocycles. The molecule has 0 bridgehead atoms. The predicted octanol–water partition coefficient (Wildman–Crippen LogP) is 7.55. The van der Waals surface area contributed by atoms with Crippen molar-refractivity contribution in [3.05, 3.63) is 151 Å².